The van der Waals surface area contributed by atoms with Crippen molar-refractivity contribution in [3.63, 3.8) is 0 Å². The summed E-state index contributed by atoms with van der Waals surface area (Å²) < 4.78 is 40.1. The van der Waals surface area contributed by atoms with Gasteiger partial charge in [0.1, 0.15) is 11.8 Å². The number of halogens is 3. The first kappa shape index (κ1) is 20.9. The summed E-state index contributed by atoms with van der Waals surface area (Å²) >= 11 is 0. The first-order valence-electron chi connectivity index (χ1n) is 8.59. The van der Waals surface area contributed by atoms with E-state index in [1.165, 1.54) is 54.0 Å². The SMILES string of the molecule is O=C(NC(C(=O)NO)c1ccc(-c2cc(F)c(F)c(F)c2)cc1)c1cccc(O)c1. The highest BCUT2D eigenvalue weighted by Gasteiger charge is 2.23. The minimum atomic E-state index is -1.58. The van der Waals surface area contributed by atoms with E-state index in [9.17, 15) is 27.9 Å². The first-order valence-corrected chi connectivity index (χ1v) is 8.59. The van der Waals surface area contributed by atoms with E-state index >= 15 is 0 Å². The second-order valence-corrected chi connectivity index (χ2v) is 6.31. The van der Waals surface area contributed by atoms with Crippen LogP contribution in [0.1, 0.15) is 22.0 Å². The Morgan fingerprint density at radius 1 is 0.867 bits per heavy atom. The fourth-order valence-electron chi connectivity index (χ4n) is 2.82. The highest BCUT2D eigenvalue weighted by atomic mass is 19.2. The molecular weight excluding hydrogens is 401 g/mol. The predicted molar refractivity (Wildman–Crippen MR) is 100.0 cm³/mol. The van der Waals surface area contributed by atoms with Crippen molar-refractivity contribution in [3.8, 4) is 16.9 Å². The number of benzene rings is 3. The van der Waals surface area contributed by atoms with Gasteiger partial charge in [-0.15, -0.1) is 0 Å². The highest BCUT2D eigenvalue weighted by Crippen LogP contribution is 2.26. The Kier molecular flexibility index (Phi) is 6.03. The van der Waals surface area contributed by atoms with Gasteiger partial charge in [0.15, 0.2) is 17.5 Å². The van der Waals surface area contributed by atoms with E-state index in [0.29, 0.717) is 5.56 Å². The van der Waals surface area contributed by atoms with Gasteiger partial charge >= 0.3 is 0 Å². The second kappa shape index (κ2) is 8.66. The summed E-state index contributed by atoms with van der Waals surface area (Å²) in [4.78, 5) is 24.5. The molecule has 154 valence electrons. The molecule has 3 aromatic carbocycles. The molecule has 0 fully saturated rings. The summed E-state index contributed by atoms with van der Waals surface area (Å²) in [5.41, 5.74) is 2.20. The van der Waals surface area contributed by atoms with E-state index in [-0.39, 0.29) is 22.4 Å². The normalized spacial score (nSPS) is 11.6. The number of nitrogens with one attached hydrogen (secondary N) is 2. The Morgan fingerprint density at radius 2 is 1.50 bits per heavy atom. The average molecular weight is 416 g/mol. The smallest absolute Gasteiger partial charge is 0.270 e. The fourth-order valence-corrected chi connectivity index (χ4v) is 2.82. The van der Waals surface area contributed by atoms with Crippen LogP contribution in [0.3, 0.4) is 0 Å². The Labute approximate surface area is 168 Å². The van der Waals surface area contributed by atoms with Crippen molar-refractivity contribution in [2.75, 3.05) is 0 Å². The van der Waals surface area contributed by atoms with Gasteiger partial charge in [-0.1, -0.05) is 30.3 Å². The minimum absolute atomic E-state index is 0.0740. The number of amides is 2. The lowest BCUT2D eigenvalue weighted by Gasteiger charge is -2.18. The highest BCUT2D eigenvalue weighted by molar-refractivity contribution is 5.98. The van der Waals surface area contributed by atoms with Crippen molar-refractivity contribution in [2.45, 2.75) is 6.04 Å². The third-order valence-corrected chi connectivity index (χ3v) is 4.32. The average Bonchev–Trinajstić information content (AvgIpc) is 2.75. The predicted octanol–water partition coefficient (Wildman–Crippen LogP) is 3.45. The number of hydrogen-bond donors (Lipinski definition) is 4. The molecule has 0 heterocycles. The van der Waals surface area contributed by atoms with Crippen molar-refractivity contribution in [1.82, 2.24) is 10.8 Å². The second-order valence-electron chi connectivity index (χ2n) is 6.31. The molecule has 1 atom stereocenters. The van der Waals surface area contributed by atoms with Gasteiger partial charge in [0.25, 0.3) is 11.8 Å². The van der Waals surface area contributed by atoms with Gasteiger partial charge in [0.2, 0.25) is 0 Å². The van der Waals surface area contributed by atoms with Crippen LogP contribution < -0.4 is 10.8 Å². The number of phenols is 1. The van der Waals surface area contributed by atoms with E-state index in [1.54, 1.807) is 0 Å². The molecule has 0 bridgehead atoms. The van der Waals surface area contributed by atoms with Crippen LogP contribution >= 0.6 is 0 Å². The van der Waals surface area contributed by atoms with Crippen molar-refractivity contribution < 1.29 is 33.1 Å². The summed E-state index contributed by atoms with van der Waals surface area (Å²) in [7, 11) is 0. The number of hydrogen-bond acceptors (Lipinski definition) is 4. The van der Waals surface area contributed by atoms with Crippen LogP contribution in [0.4, 0.5) is 13.2 Å². The maximum Gasteiger partial charge on any atom is 0.270 e. The van der Waals surface area contributed by atoms with Gasteiger partial charge in [-0.3, -0.25) is 14.8 Å². The third-order valence-electron chi connectivity index (χ3n) is 4.32. The Balaban J connectivity index is 1.88. The van der Waals surface area contributed by atoms with Crippen LogP contribution in [0.2, 0.25) is 0 Å². The summed E-state index contributed by atoms with van der Waals surface area (Å²) in [5.74, 6) is -6.03. The quantitative estimate of drug-likeness (QED) is 0.291. The number of hydroxylamine groups is 1. The molecule has 0 aliphatic carbocycles. The van der Waals surface area contributed by atoms with E-state index in [2.05, 4.69) is 5.32 Å². The maximum absolute atomic E-state index is 13.5. The summed E-state index contributed by atoms with van der Waals surface area (Å²) in [6.07, 6.45) is 0. The number of rotatable bonds is 5. The van der Waals surface area contributed by atoms with Gasteiger partial charge in [-0.05, 0) is 47.0 Å². The number of carbonyl (C=O) groups is 2. The Hall–Kier alpha value is -3.85. The molecule has 9 heteroatoms. The van der Waals surface area contributed by atoms with Crippen LogP contribution in [0.15, 0.2) is 60.7 Å². The van der Waals surface area contributed by atoms with E-state index in [1.807, 2.05) is 0 Å². The van der Waals surface area contributed by atoms with Crippen molar-refractivity contribution in [3.05, 3.63) is 89.2 Å². The minimum Gasteiger partial charge on any atom is -0.508 e. The zero-order valence-electron chi connectivity index (χ0n) is 15.2. The molecule has 0 spiro atoms. The zero-order valence-corrected chi connectivity index (χ0v) is 15.2. The number of aromatic hydroxyl groups is 1. The van der Waals surface area contributed by atoms with Gasteiger partial charge in [-0.25, -0.2) is 18.7 Å². The van der Waals surface area contributed by atoms with Crippen molar-refractivity contribution >= 4 is 11.8 Å². The number of carbonyl (C=O) groups excluding carboxylic acids is 2. The molecule has 3 rings (SSSR count). The van der Waals surface area contributed by atoms with Gasteiger partial charge in [-0.2, -0.15) is 0 Å². The lowest BCUT2D eigenvalue weighted by molar-refractivity contribution is -0.131. The fraction of sp³-hybridized carbons (Fsp3) is 0.0476. The monoisotopic (exact) mass is 416 g/mol. The third kappa shape index (κ3) is 4.41. The molecule has 6 nitrogen and oxygen atoms in total. The molecule has 0 saturated heterocycles. The van der Waals surface area contributed by atoms with Crippen LogP contribution in [-0.4, -0.2) is 22.1 Å². The lowest BCUT2D eigenvalue weighted by Crippen LogP contribution is -2.39. The molecule has 2 amide bonds. The molecule has 1 unspecified atom stereocenters. The first-order chi connectivity index (χ1) is 14.3. The summed E-state index contributed by atoms with van der Waals surface area (Å²) in [5, 5.41) is 20.9. The Bertz CT molecular complexity index is 1080. The van der Waals surface area contributed by atoms with Crippen LogP contribution in [0, 0.1) is 17.5 Å². The molecule has 0 radical (unpaired) electrons. The van der Waals surface area contributed by atoms with E-state index in [4.69, 9.17) is 5.21 Å². The molecule has 30 heavy (non-hydrogen) atoms. The summed E-state index contributed by atoms with van der Waals surface area (Å²) in [6.45, 7) is 0. The standard InChI is InChI=1S/C21H15F3N2O4/c22-16-9-14(10-17(23)18(16)24)11-4-6-12(7-5-11)19(21(29)26-30)25-20(28)13-2-1-3-15(27)8-13/h1-10,19,27,30H,(H,25,28)(H,26,29). The zero-order chi connectivity index (χ0) is 21.8. The molecule has 4 N–H and O–H groups in total. The topological polar surface area (TPSA) is 98.7 Å². The maximum atomic E-state index is 13.5. The summed E-state index contributed by atoms with van der Waals surface area (Å²) in [6, 6.07) is 11.4. The lowest BCUT2D eigenvalue weighted by atomic mass is 9.99. The van der Waals surface area contributed by atoms with E-state index < -0.39 is 35.3 Å². The molecule has 0 aliphatic heterocycles. The van der Waals surface area contributed by atoms with Crippen molar-refractivity contribution in [1.29, 1.82) is 0 Å². The molecular formula is C21H15F3N2O4. The van der Waals surface area contributed by atoms with E-state index in [0.717, 1.165) is 12.1 Å². The molecule has 0 aromatic heterocycles. The Morgan fingerprint density at radius 3 is 2.07 bits per heavy atom. The van der Waals surface area contributed by atoms with Gasteiger partial charge < -0.3 is 10.4 Å². The van der Waals surface area contributed by atoms with Crippen LogP contribution in [0.5, 0.6) is 5.75 Å². The van der Waals surface area contributed by atoms with Crippen molar-refractivity contribution in [2.24, 2.45) is 0 Å². The largest absolute Gasteiger partial charge is 0.508 e. The number of phenolic OH excluding ortho intramolecular Hbond substituents is 1. The van der Waals surface area contributed by atoms with Gasteiger partial charge in [0, 0.05) is 5.56 Å². The van der Waals surface area contributed by atoms with Crippen LogP contribution in [0.25, 0.3) is 11.1 Å². The van der Waals surface area contributed by atoms with Crippen LogP contribution in [-0.2, 0) is 4.79 Å². The molecule has 0 aliphatic rings. The van der Waals surface area contributed by atoms with Gasteiger partial charge in [0.05, 0.1) is 0 Å². The molecule has 0 saturated carbocycles. The molecule has 3 aromatic rings.